The molecular formula is C17H18ClN3O2. The highest BCUT2D eigenvalue weighted by Crippen LogP contribution is 2.15. The van der Waals surface area contributed by atoms with Gasteiger partial charge in [-0.1, -0.05) is 29.8 Å². The van der Waals surface area contributed by atoms with Gasteiger partial charge in [0, 0.05) is 16.3 Å². The number of methoxy groups -OCH3 is 1. The number of hydrogen-bond acceptors (Lipinski definition) is 4. The Morgan fingerprint density at radius 3 is 2.57 bits per heavy atom. The first-order chi connectivity index (χ1) is 11.1. The van der Waals surface area contributed by atoms with E-state index in [-0.39, 0.29) is 5.91 Å². The van der Waals surface area contributed by atoms with Gasteiger partial charge in [0.2, 0.25) is 0 Å². The summed E-state index contributed by atoms with van der Waals surface area (Å²) in [7, 11) is 1.61. The third kappa shape index (κ3) is 5.00. The highest BCUT2D eigenvalue weighted by atomic mass is 35.5. The van der Waals surface area contributed by atoms with Crippen molar-refractivity contribution in [1.82, 2.24) is 5.43 Å². The summed E-state index contributed by atoms with van der Waals surface area (Å²) in [6.07, 6.45) is 1.51. The summed E-state index contributed by atoms with van der Waals surface area (Å²) >= 11 is 6.01. The number of halogens is 1. The number of nitrogens with zero attached hydrogens (tertiary/aromatic N) is 1. The quantitative estimate of drug-likeness (QED) is 0.630. The van der Waals surface area contributed by atoms with E-state index in [4.69, 9.17) is 16.3 Å². The highest BCUT2D eigenvalue weighted by molar-refractivity contribution is 6.33. The third-order valence-corrected chi connectivity index (χ3v) is 3.49. The fourth-order valence-electron chi connectivity index (χ4n) is 1.84. The third-order valence-electron chi connectivity index (χ3n) is 3.15. The van der Waals surface area contributed by atoms with Gasteiger partial charge in [-0.05, 0) is 37.3 Å². The average molecular weight is 332 g/mol. The SMILES string of the molecule is COc1ccc(NC(C)C(=O)N/N=C/c2ccccc2Cl)cc1. The van der Waals surface area contributed by atoms with Crippen LogP contribution >= 0.6 is 11.6 Å². The van der Waals surface area contributed by atoms with Crippen molar-refractivity contribution in [3.05, 3.63) is 59.1 Å². The molecule has 0 fully saturated rings. The van der Waals surface area contributed by atoms with Crippen molar-refractivity contribution in [2.75, 3.05) is 12.4 Å². The van der Waals surface area contributed by atoms with Crippen molar-refractivity contribution in [3.63, 3.8) is 0 Å². The molecule has 120 valence electrons. The van der Waals surface area contributed by atoms with Crippen LogP contribution < -0.4 is 15.5 Å². The van der Waals surface area contributed by atoms with Gasteiger partial charge in [-0.3, -0.25) is 4.79 Å². The van der Waals surface area contributed by atoms with E-state index >= 15 is 0 Å². The summed E-state index contributed by atoms with van der Waals surface area (Å²) in [5.41, 5.74) is 4.05. The molecule has 2 N–H and O–H groups in total. The Bertz CT molecular complexity index is 686. The Morgan fingerprint density at radius 1 is 1.22 bits per heavy atom. The van der Waals surface area contributed by atoms with Crippen LogP contribution in [-0.4, -0.2) is 25.3 Å². The van der Waals surface area contributed by atoms with E-state index in [0.717, 1.165) is 17.0 Å². The van der Waals surface area contributed by atoms with Gasteiger partial charge in [0.25, 0.3) is 5.91 Å². The molecule has 0 aliphatic heterocycles. The van der Waals surface area contributed by atoms with Crippen LogP contribution in [0, 0.1) is 0 Å². The van der Waals surface area contributed by atoms with Crippen LogP contribution in [0.25, 0.3) is 0 Å². The lowest BCUT2D eigenvalue weighted by atomic mass is 10.2. The van der Waals surface area contributed by atoms with Crippen LogP contribution in [-0.2, 0) is 4.79 Å². The smallest absolute Gasteiger partial charge is 0.262 e. The zero-order valence-corrected chi connectivity index (χ0v) is 13.7. The van der Waals surface area contributed by atoms with Gasteiger partial charge in [0.15, 0.2) is 0 Å². The predicted molar refractivity (Wildman–Crippen MR) is 93.3 cm³/mol. The van der Waals surface area contributed by atoms with Crippen LogP contribution in [0.5, 0.6) is 5.75 Å². The average Bonchev–Trinajstić information content (AvgIpc) is 2.57. The van der Waals surface area contributed by atoms with Crippen molar-refractivity contribution >= 4 is 29.4 Å². The Labute approximate surface area is 140 Å². The number of rotatable bonds is 6. The molecule has 0 radical (unpaired) electrons. The first-order valence-electron chi connectivity index (χ1n) is 7.08. The molecule has 2 rings (SSSR count). The molecule has 0 spiro atoms. The molecule has 2 aromatic carbocycles. The van der Waals surface area contributed by atoms with E-state index < -0.39 is 6.04 Å². The van der Waals surface area contributed by atoms with E-state index in [1.54, 1.807) is 20.1 Å². The Kier molecular flexibility index (Phi) is 6.00. The van der Waals surface area contributed by atoms with Crippen LogP contribution in [0.3, 0.4) is 0 Å². The molecule has 0 aromatic heterocycles. The first-order valence-corrected chi connectivity index (χ1v) is 7.46. The number of carbonyl (C=O) groups is 1. The zero-order valence-electron chi connectivity index (χ0n) is 12.9. The fraction of sp³-hybridized carbons (Fsp3) is 0.176. The molecule has 1 atom stereocenters. The Morgan fingerprint density at radius 2 is 1.91 bits per heavy atom. The molecule has 0 aliphatic carbocycles. The minimum Gasteiger partial charge on any atom is -0.497 e. The molecule has 23 heavy (non-hydrogen) atoms. The van der Waals surface area contributed by atoms with E-state index in [0.29, 0.717) is 5.02 Å². The van der Waals surface area contributed by atoms with Crippen LogP contribution in [0.2, 0.25) is 5.02 Å². The number of ether oxygens (including phenoxy) is 1. The van der Waals surface area contributed by atoms with Gasteiger partial charge in [0.1, 0.15) is 11.8 Å². The summed E-state index contributed by atoms with van der Waals surface area (Å²) < 4.78 is 5.09. The van der Waals surface area contributed by atoms with Gasteiger partial charge in [-0.15, -0.1) is 0 Å². The van der Waals surface area contributed by atoms with Gasteiger partial charge < -0.3 is 10.1 Å². The van der Waals surface area contributed by atoms with Crippen molar-refractivity contribution in [2.45, 2.75) is 13.0 Å². The largest absolute Gasteiger partial charge is 0.497 e. The summed E-state index contributed by atoms with van der Waals surface area (Å²) in [5, 5.41) is 7.59. The lowest BCUT2D eigenvalue weighted by Crippen LogP contribution is -2.34. The standard InChI is InChI=1S/C17H18ClN3O2/c1-12(20-14-7-9-15(23-2)10-8-14)17(22)21-19-11-13-5-3-4-6-16(13)18/h3-12,20H,1-2H3,(H,21,22)/b19-11+. The Hall–Kier alpha value is -2.53. The normalized spacial score (nSPS) is 12.0. The lowest BCUT2D eigenvalue weighted by molar-refractivity contribution is -0.121. The molecule has 1 unspecified atom stereocenters. The van der Waals surface area contributed by atoms with Crippen LogP contribution in [0.15, 0.2) is 53.6 Å². The number of carbonyl (C=O) groups excluding carboxylic acids is 1. The maximum Gasteiger partial charge on any atom is 0.262 e. The van der Waals surface area contributed by atoms with E-state index in [2.05, 4.69) is 15.8 Å². The summed E-state index contributed by atoms with van der Waals surface area (Å²) in [6, 6.07) is 14.2. The highest BCUT2D eigenvalue weighted by Gasteiger charge is 2.11. The number of nitrogens with one attached hydrogen (secondary N) is 2. The Balaban J connectivity index is 1.88. The topological polar surface area (TPSA) is 62.7 Å². The van der Waals surface area contributed by atoms with Crippen LogP contribution in [0.1, 0.15) is 12.5 Å². The van der Waals surface area contributed by atoms with E-state index in [9.17, 15) is 4.79 Å². The van der Waals surface area contributed by atoms with Gasteiger partial charge in [-0.25, -0.2) is 5.43 Å². The second-order valence-corrected chi connectivity index (χ2v) is 5.26. The summed E-state index contributed by atoms with van der Waals surface area (Å²) in [6.45, 7) is 1.75. The zero-order chi connectivity index (χ0) is 16.7. The van der Waals surface area contributed by atoms with Crippen molar-refractivity contribution < 1.29 is 9.53 Å². The molecule has 0 aliphatic rings. The van der Waals surface area contributed by atoms with Gasteiger partial charge in [-0.2, -0.15) is 5.10 Å². The second-order valence-electron chi connectivity index (χ2n) is 4.85. The summed E-state index contributed by atoms with van der Waals surface area (Å²) in [4.78, 5) is 12.0. The van der Waals surface area contributed by atoms with E-state index in [1.807, 2.05) is 42.5 Å². The first kappa shape index (κ1) is 16.8. The van der Waals surface area contributed by atoms with Crippen molar-refractivity contribution in [3.8, 4) is 5.75 Å². The minimum atomic E-state index is -0.438. The van der Waals surface area contributed by atoms with E-state index in [1.165, 1.54) is 6.21 Å². The molecule has 2 aromatic rings. The van der Waals surface area contributed by atoms with Gasteiger partial charge in [0.05, 0.1) is 13.3 Å². The maximum absolute atomic E-state index is 12.0. The number of hydrazone groups is 1. The van der Waals surface area contributed by atoms with Gasteiger partial charge >= 0.3 is 0 Å². The molecule has 0 heterocycles. The number of hydrogen-bond donors (Lipinski definition) is 2. The predicted octanol–water partition coefficient (Wildman–Crippen LogP) is 3.30. The monoisotopic (exact) mass is 331 g/mol. The van der Waals surface area contributed by atoms with Crippen molar-refractivity contribution in [2.24, 2.45) is 5.10 Å². The molecule has 0 saturated carbocycles. The molecule has 0 bridgehead atoms. The lowest BCUT2D eigenvalue weighted by Gasteiger charge is -2.13. The molecular weight excluding hydrogens is 314 g/mol. The fourth-order valence-corrected chi connectivity index (χ4v) is 2.03. The number of benzene rings is 2. The summed E-state index contributed by atoms with van der Waals surface area (Å²) in [5.74, 6) is 0.515. The molecule has 6 heteroatoms. The van der Waals surface area contributed by atoms with Crippen molar-refractivity contribution in [1.29, 1.82) is 0 Å². The van der Waals surface area contributed by atoms with Crippen LogP contribution in [0.4, 0.5) is 5.69 Å². The molecule has 5 nitrogen and oxygen atoms in total. The second kappa shape index (κ2) is 8.19. The minimum absolute atomic E-state index is 0.246. The molecule has 1 amide bonds. The number of amides is 1. The maximum atomic E-state index is 12.0. The molecule has 0 saturated heterocycles. The number of anilines is 1.